The van der Waals surface area contributed by atoms with Crippen LogP contribution in [0.3, 0.4) is 0 Å². The zero-order valence-electron chi connectivity index (χ0n) is 13.3. The highest BCUT2D eigenvalue weighted by Crippen LogP contribution is 2.23. The third kappa shape index (κ3) is 5.00. The molecule has 0 bridgehead atoms. The van der Waals surface area contributed by atoms with Gasteiger partial charge in [-0.2, -0.15) is 5.10 Å². The fraction of sp³-hybridized carbons (Fsp3) is 0.375. The first kappa shape index (κ1) is 16.8. The number of methoxy groups -OCH3 is 1. The van der Waals surface area contributed by atoms with Gasteiger partial charge in [0.25, 0.3) is 0 Å². The molecule has 0 saturated heterocycles. The quantitative estimate of drug-likeness (QED) is 0.711. The summed E-state index contributed by atoms with van der Waals surface area (Å²) in [6.45, 7) is 0.612. The van der Waals surface area contributed by atoms with Crippen molar-refractivity contribution in [1.82, 2.24) is 20.4 Å². The first-order chi connectivity index (χ1) is 11.1. The van der Waals surface area contributed by atoms with E-state index in [0.29, 0.717) is 24.3 Å². The van der Waals surface area contributed by atoms with Gasteiger partial charge in [0.05, 0.1) is 19.4 Å². The van der Waals surface area contributed by atoms with E-state index in [4.69, 9.17) is 4.74 Å². The van der Waals surface area contributed by atoms with E-state index >= 15 is 0 Å². The average Bonchev–Trinajstić information content (AvgIpc) is 2.98. The van der Waals surface area contributed by atoms with E-state index in [1.807, 2.05) is 25.4 Å². The molecule has 23 heavy (non-hydrogen) atoms. The number of aliphatic hydroxyl groups excluding tert-OH is 1. The van der Waals surface area contributed by atoms with Crippen LogP contribution in [-0.4, -0.2) is 41.1 Å². The standard InChI is InChI=1S/C16H22N4O3/c1-20-11-12(9-19-20)7-8-17-16(22)18-10-14(21)13-5-3-4-6-15(13)23-2/h3-6,9,11,14,21H,7-8,10H2,1-2H3,(H2,17,18,22). The van der Waals surface area contributed by atoms with Crippen molar-refractivity contribution in [3.05, 3.63) is 47.8 Å². The van der Waals surface area contributed by atoms with Gasteiger partial charge in [-0.1, -0.05) is 18.2 Å². The molecule has 0 aliphatic heterocycles. The predicted octanol–water partition coefficient (Wildman–Crippen LogP) is 1.00. The van der Waals surface area contributed by atoms with Crippen LogP contribution in [0.15, 0.2) is 36.7 Å². The Hall–Kier alpha value is -2.54. The molecular weight excluding hydrogens is 296 g/mol. The van der Waals surface area contributed by atoms with Crippen molar-refractivity contribution >= 4 is 6.03 Å². The van der Waals surface area contributed by atoms with Crippen LogP contribution >= 0.6 is 0 Å². The number of benzene rings is 1. The Morgan fingerprint density at radius 2 is 2.17 bits per heavy atom. The van der Waals surface area contributed by atoms with Crippen molar-refractivity contribution < 1.29 is 14.6 Å². The monoisotopic (exact) mass is 318 g/mol. The minimum atomic E-state index is -0.824. The lowest BCUT2D eigenvalue weighted by atomic mass is 10.1. The highest BCUT2D eigenvalue weighted by Gasteiger charge is 2.13. The maximum Gasteiger partial charge on any atom is 0.314 e. The highest BCUT2D eigenvalue weighted by molar-refractivity contribution is 5.73. The molecule has 124 valence electrons. The molecule has 2 aromatic rings. The van der Waals surface area contributed by atoms with E-state index < -0.39 is 6.10 Å². The van der Waals surface area contributed by atoms with Gasteiger partial charge in [0.15, 0.2) is 0 Å². The lowest BCUT2D eigenvalue weighted by molar-refractivity contribution is 0.169. The summed E-state index contributed by atoms with van der Waals surface area (Å²) in [7, 11) is 3.40. The zero-order chi connectivity index (χ0) is 16.7. The Labute approximate surface area is 135 Å². The molecule has 0 spiro atoms. The number of amides is 2. The summed E-state index contributed by atoms with van der Waals surface area (Å²) in [6.07, 6.45) is 3.56. The third-order valence-electron chi connectivity index (χ3n) is 3.41. The summed E-state index contributed by atoms with van der Waals surface area (Å²) in [5.41, 5.74) is 1.70. The SMILES string of the molecule is COc1ccccc1C(O)CNC(=O)NCCc1cnn(C)c1. The van der Waals surface area contributed by atoms with Gasteiger partial charge in [-0.05, 0) is 18.1 Å². The summed E-state index contributed by atoms with van der Waals surface area (Å²) >= 11 is 0. The van der Waals surface area contributed by atoms with Crippen LogP contribution in [0.5, 0.6) is 5.75 Å². The number of nitrogens with one attached hydrogen (secondary N) is 2. The molecule has 0 saturated carbocycles. The maximum absolute atomic E-state index is 11.7. The van der Waals surface area contributed by atoms with Crippen LogP contribution in [0, 0.1) is 0 Å². The fourth-order valence-electron chi connectivity index (χ4n) is 2.22. The normalized spacial score (nSPS) is 11.8. The molecule has 1 aromatic carbocycles. The number of carbonyl (C=O) groups excluding carboxylic acids is 1. The molecule has 3 N–H and O–H groups in total. The molecule has 2 amide bonds. The van der Waals surface area contributed by atoms with E-state index in [-0.39, 0.29) is 12.6 Å². The van der Waals surface area contributed by atoms with Gasteiger partial charge in [0.1, 0.15) is 5.75 Å². The number of rotatable bonds is 7. The highest BCUT2D eigenvalue weighted by atomic mass is 16.5. The van der Waals surface area contributed by atoms with E-state index in [9.17, 15) is 9.90 Å². The second-order valence-corrected chi connectivity index (χ2v) is 5.17. The van der Waals surface area contributed by atoms with Crippen molar-refractivity contribution in [1.29, 1.82) is 0 Å². The average molecular weight is 318 g/mol. The molecule has 2 rings (SSSR count). The van der Waals surface area contributed by atoms with Gasteiger partial charge in [-0.3, -0.25) is 4.68 Å². The molecule has 1 atom stereocenters. The number of nitrogens with zero attached hydrogens (tertiary/aromatic N) is 2. The van der Waals surface area contributed by atoms with E-state index in [2.05, 4.69) is 15.7 Å². The number of urea groups is 1. The van der Waals surface area contributed by atoms with E-state index in [0.717, 1.165) is 5.56 Å². The van der Waals surface area contributed by atoms with Gasteiger partial charge in [0.2, 0.25) is 0 Å². The number of ether oxygens (including phenoxy) is 1. The molecule has 7 heteroatoms. The van der Waals surface area contributed by atoms with Gasteiger partial charge >= 0.3 is 6.03 Å². The van der Waals surface area contributed by atoms with Crippen molar-refractivity contribution in [2.45, 2.75) is 12.5 Å². The number of aliphatic hydroxyl groups is 1. The molecule has 1 unspecified atom stereocenters. The summed E-state index contributed by atoms with van der Waals surface area (Å²) in [4.78, 5) is 11.7. The first-order valence-electron chi connectivity index (χ1n) is 7.40. The minimum Gasteiger partial charge on any atom is -0.496 e. The summed E-state index contributed by atoms with van der Waals surface area (Å²) in [6, 6.07) is 6.86. The molecule has 1 aromatic heterocycles. The van der Waals surface area contributed by atoms with Crippen molar-refractivity contribution in [3.63, 3.8) is 0 Å². The Kier molecular flexibility index (Phi) is 5.99. The summed E-state index contributed by atoms with van der Waals surface area (Å²) < 4.78 is 6.91. The molecule has 0 aliphatic rings. The van der Waals surface area contributed by atoms with E-state index in [1.54, 1.807) is 30.1 Å². The van der Waals surface area contributed by atoms with Crippen LogP contribution in [0.4, 0.5) is 4.79 Å². The second-order valence-electron chi connectivity index (χ2n) is 5.17. The van der Waals surface area contributed by atoms with Gasteiger partial charge in [-0.25, -0.2) is 4.79 Å². The largest absolute Gasteiger partial charge is 0.496 e. The summed E-state index contributed by atoms with van der Waals surface area (Å²) in [5.74, 6) is 0.596. The Morgan fingerprint density at radius 3 is 2.87 bits per heavy atom. The zero-order valence-corrected chi connectivity index (χ0v) is 13.3. The Bertz CT molecular complexity index is 642. The molecule has 7 nitrogen and oxygen atoms in total. The van der Waals surface area contributed by atoms with Gasteiger partial charge in [0, 0.05) is 31.9 Å². The maximum atomic E-state index is 11.7. The fourth-order valence-corrected chi connectivity index (χ4v) is 2.22. The lowest BCUT2D eigenvalue weighted by Gasteiger charge is -2.15. The van der Waals surface area contributed by atoms with Crippen LogP contribution in [0.2, 0.25) is 0 Å². The number of aromatic nitrogens is 2. The van der Waals surface area contributed by atoms with Crippen LogP contribution in [0.25, 0.3) is 0 Å². The molecule has 0 fully saturated rings. The van der Waals surface area contributed by atoms with E-state index in [1.165, 1.54) is 0 Å². The van der Waals surface area contributed by atoms with Crippen LogP contribution < -0.4 is 15.4 Å². The number of aryl methyl sites for hydroxylation is 1. The Balaban J connectivity index is 1.73. The molecular formula is C16H22N4O3. The number of carbonyl (C=O) groups is 1. The molecule has 0 aliphatic carbocycles. The van der Waals surface area contributed by atoms with Crippen LogP contribution in [0.1, 0.15) is 17.2 Å². The Morgan fingerprint density at radius 1 is 1.39 bits per heavy atom. The molecule has 1 heterocycles. The summed E-state index contributed by atoms with van der Waals surface area (Å²) in [5, 5.41) is 19.6. The predicted molar refractivity (Wildman–Crippen MR) is 86.3 cm³/mol. The molecule has 0 radical (unpaired) electrons. The number of para-hydroxylation sites is 1. The number of hydrogen-bond acceptors (Lipinski definition) is 4. The van der Waals surface area contributed by atoms with Gasteiger partial charge in [-0.15, -0.1) is 0 Å². The second kappa shape index (κ2) is 8.19. The minimum absolute atomic E-state index is 0.110. The smallest absolute Gasteiger partial charge is 0.314 e. The first-order valence-corrected chi connectivity index (χ1v) is 7.40. The van der Waals surface area contributed by atoms with Crippen molar-refractivity contribution in [3.8, 4) is 5.75 Å². The number of hydrogen-bond donors (Lipinski definition) is 3. The van der Waals surface area contributed by atoms with Crippen molar-refractivity contribution in [2.24, 2.45) is 7.05 Å². The van der Waals surface area contributed by atoms with Gasteiger partial charge < -0.3 is 20.5 Å². The topological polar surface area (TPSA) is 88.4 Å². The third-order valence-corrected chi connectivity index (χ3v) is 3.41. The lowest BCUT2D eigenvalue weighted by Crippen LogP contribution is -2.38. The van der Waals surface area contributed by atoms with Crippen LogP contribution in [-0.2, 0) is 13.5 Å². The van der Waals surface area contributed by atoms with Crippen molar-refractivity contribution in [2.75, 3.05) is 20.2 Å².